The van der Waals surface area contributed by atoms with Crippen LogP contribution in [0.4, 0.5) is 4.39 Å². The van der Waals surface area contributed by atoms with Crippen molar-refractivity contribution in [2.24, 2.45) is 5.92 Å². The van der Waals surface area contributed by atoms with Crippen molar-refractivity contribution in [3.8, 4) is 5.75 Å². The van der Waals surface area contributed by atoms with Gasteiger partial charge in [0.05, 0.1) is 24.9 Å². The van der Waals surface area contributed by atoms with Gasteiger partial charge < -0.3 is 24.4 Å². The molecule has 0 amide bonds. The highest BCUT2D eigenvalue weighted by atomic mass is 19.1. The van der Waals surface area contributed by atoms with Crippen molar-refractivity contribution in [3.05, 3.63) is 54.4 Å². The van der Waals surface area contributed by atoms with E-state index in [0.29, 0.717) is 18.6 Å². The lowest BCUT2D eigenvalue weighted by Crippen LogP contribution is -2.23. The molecule has 0 saturated carbocycles. The number of rotatable bonds is 12. The second-order valence-corrected chi connectivity index (χ2v) is 7.88. The van der Waals surface area contributed by atoms with Gasteiger partial charge in [0.25, 0.3) is 0 Å². The van der Waals surface area contributed by atoms with Crippen LogP contribution in [0.3, 0.4) is 0 Å². The molecule has 172 valence electrons. The number of ether oxygens (including phenoxy) is 3. The molecule has 0 radical (unpaired) electrons. The zero-order valence-electron chi connectivity index (χ0n) is 18.2. The van der Waals surface area contributed by atoms with E-state index in [-0.39, 0.29) is 43.1 Å². The molecule has 1 saturated heterocycles. The molecule has 0 aromatic heterocycles. The summed E-state index contributed by atoms with van der Waals surface area (Å²) >= 11 is 0. The van der Waals surface area contributed by atoms with Gasteiger partial charge in [0.2, 0.25) is 0 Å². The summed E-state index contributed by atoms with van der Waals surface area (Å²) in [5.41, 5.74) is 0. The summed E-state index contributed by atoms with van der Waals surface area (Å²) in [6.07, 6.45) is 8.00. The Kier molecular flexibility index (Phi) is 10.7. The van der Waals surface area contributed by atoms with Gasteiger partial charge in [-0.25, -0.2) is 4.39 Å². The van der Waals surface area contributed by atoms with Crippen LogP contribution < -0.4 is 4.74 Å². The Hall–Kier alpha value is -2.22. The van der Waals surface area contributed by atoms with E-state index in [9.17, 15) is 19.4 Å². The lowest BCUT2D eigenvalue weighted by Gasteiger charge is -2.16. The van der Waals surface area contributed by atoms with Crippen molar-refractivity contribution in [3.63, 3.8) is 0 Å². The molecule has 1 aliphatic rings. The standard InChI is InChI=1S/C24H33FO6/c1-17(2)31-24(28)8-6-4-3-5-7-21-22(27)16-30-23(21)14-11-19(26)15-29-20-12-9-18(25)10-13-20/h3,5,9-14,17,19,21-23,26-27H,4,6-8,15-16H2,1-2H3/b5-3-,14-11+/t19-,21+,22+,23-/m1/s1. The minimum atomic E-state index is -0.854. The van der Waals surface area contributed by atoms with E-state index >= 15 is 0 Å². The lowest BCUT2D eigenvalue weighted by atomic mass is 9.94. The molecule has 7 heteroatoms. The Labute approximate surface area is 183 Å². The van der Waals surface area contributed by atoms with Gasteiger partial charge in [-0.2, -0.15) is 0 Å². The second kappa shape index (κ2) is 13.2. The summed E-state index contributed by atoms with van der Waals surface area (Å²) in [5, 5.41) is 20.3. The first-order valence-electron chi connectivity index (χ1n) is 10.7. The number of allylic oxidation sites excluding steroid dienone is 2. The number of aliphatic hydroxyl groups is 2. The first-order chi connectivity index (χ1) is 14.8. The predicted octanol–water partition coefficient (Wildman–Crippen LogP) is 3.57. The van der Waals surface area contributed by atoms with Crippen LogP contribution in [0.15, 0.2) is 48.6 Å². The van der Waals surface area contributed by atoms with Crippen LogP contribution in [0, 0.1) is 11.7 Å². The maximum Gasteiger partial charge on any atom is 0.306 e. The molecular weight excluding hydrogens is 403 g/mol. The van der Waals surface area contributed by atoms with Crippen LogP contribution in [0.5, 0.6) is 5.75 Å². The molecular formula is C24H33FO6. The van der Waals surface area contributed by atoms with E-state index in [1.807, 2.05) is 26.0 Å². The van der Waals surface area contributed by atoms with Crippen molar-refractivity contribution in [2.45, 2.75) is 63.9 Å². The van der Waals surface area contributed by atoms with E-state index in [1.54, 1.807) is 12.2 Å². The number of hydrogen-bond acceptors (Lipinski definition) is 6. The number of carbonyl (C=O) groups is 1. The summed E-state index contributed by atoms with van der Waals surface area (Å²) in [4.78, 5) is 11.5. The van der Waals surface area contributed by atoms with Crippen molar-refractivity contribution >= 4 is 5.97 Å². The first-order valence-corrected chi connectivity index (χ1v) is 10.7. The van der Waals surface area contributed by atoms with E-state index in [2.05, 4.69) is 0 Å². The van der Waals surface area contributed by atoms with E-state index < -0.39 is 12.2 Å². The van der Waals surface area contributed by atoms with Crippen LogP contribution in [0.1, 0.15) is 39.5 Å². The fourth-order valence-electron chi connectivity index (χ4n) is 3.23. The fourth-order valence-corrected chi connectivity index (χ4v) is 3.23. The molecule has 1 aromatic rings. The van der Waals surface area contributed by atoms with E-state index in [4.69, 9.17) is 14.2 Å². The smallest absolute Gasteiger partial charge is 0.306 e. The Morgan fingerprint density at radius 1 is 1.29 bits per heavy atom. The van der Waals surface area contributed by atoms with Gasteiger partial charge in [-0.05, 0) is 57.4 Å². The fraction of sp³-hybridized carbons (Fsp3) is 0.542. The van der Waals surface area contributed by atoms with Gasteiger partial charge in [-0.15, -0.1) is 0 Å². The number of esters is 1. The number of hydrogen-bond donors (Lipinski definition) is 2. The number of aliphatic hydroxyl groups excluding tert-OH is 2. The summed E-state index contributed by atoms with van der Waals surface area (Å²) in [6.45, 7) is 3.93. The third-order valence-electron chi connectivity index (χ3n) is 4.83. The molecule has 0 unspecified atom stereocenters. The van der Waals surface area contributed by atoms with Crippen LogP contribution in [0.25, 0.3) is 0 Å². The Bertz CT molecular complexity index is 715. The molecule has 0 spiro atoms. The second-order valence-electron chi connectivity index (χ2n) is 7.88. The minimum absolute atomic E-state index is 0.0290. The van der Waals surface area contributed by atoms with Gasteiger partial charge in [-0.3, -0.25) is 4.79 Å². The third kappa shape index (κ3) is 9.63. The van der Waals surface area contributed by atoms with Crippen molar-refractivity contribution in [2.75, 3.05) is 13.2 Å². The van der Waals surface area contributed by atoms with Crippen LogP contribution in [-0.4, -0.2) is 53.8 Å². The molecule has 2 rings (SSSR count). The normalized spacial score (nSPS) is 22.5. The Morgan fingerprint density at radius 3 is 2.74 bits per heavy atom. The maximum absolute atomic E-state index is 12.9. The van der Waals surface area contributed by atoms with E-state index in [0.717, 1.165) is 12.8 Å². The molecule has 0 bridgehead atoms. The van der Waals surface area contributed by atoms with Gasteiger partial charge in [0.1, 0.15) is 24.3 Å². The zero-order valence-corrected chi connectivity index (χ0v) is 18.2. The summed E-state index contributed by atoms with van der Waals surface area (Å²) in [5.74, 6) is -0.167. The van der Waals surface area contributed by atoms with Crippen LogP contribution in [0.2, 0.25) is 0 Å². The number of carbonyl (C=O) groups excluding carboxylic acids is 1. The highest BCUT2D eigenvalue weighted by molar-refractivity contribution is 5.69. The average molecular weight is 437 g/mol. The zero-order chi connectivity index (χ0) is 22.6. The van der Waals surface area contributed by atoms with Crippen LogP contribution in [-0.2, 0) is 14.3 Å². The monoisotopic (exact) mass is 436 g/mol. The molecule has 2 N–H and O–H groups in total. The molecule has 1 aliphatic heterocycles. The summed E-state index contributed by atoms with van der Waals surface area (Å²) in [6, 6.07) is 5.58. The minimum Gasteiger partial charge on any atom is -0.491 e. The maximum atomic E-state index is 12.9. The lowest BCUT2D eigenvalue weighted by molar-refractivity contribution is -0.147. The SMILES string of the molecule is CC(C)OC(=O)CCC/C=C\C[C@H]1[C@@H](O)CO[C@@H]1/C=C/[C@@H](O)COc1ccc(F)cc1. The predicted molar refractivity (Wildman–Crippen MR) is 115 cm³/mol. The largest absolute Gasteiger partial charge is 0.491 e. The molecule has 0 aliphatic carbocycles. The molecule has 1 heterocycles. The summed E-state index contributed by atoms with van der Waals surface area (Å²) in [7, 11) is 0. The van der Waals surface area contributed by atoms with Crippen molar-refractivity contribution in [1.29, 1.82) is 0 Å². The number of halogens is 1. The molecule has 1 aromatic carbocycles. The van der Waals surface area contributed by atoms with Gasteiger partial charge in [-0.1, -0.05) is 24.3 Å². The van der Waals surface area contributed by atoms with Gasteiger partial charge >= 0.3 is 5.97 Å². The molecule has 31 heavy (non-hydrogen) atoms. The van der Waals surface area contributed by atoms with Crippen molar-refractivity contribution < 1.29 is 33.6 Å². The van der Waals surface area contributed by atoms with Crippen molar-refractivity contribution in [1.82, 2.24) is 0 Å². The Morgan fingerprint density at radius 2 is 2.03 bits per heavy atom. The topological polar surface area (TPSA) is 85.2 Å². The molecule has 4 atom stereocenters. The highest BCUT2D eigenvalue weighted by Gasteiger charge is 2.33. The molecule has 1 fully saturated rings. The highest BCUT2D eigenvalue weighted by Crippen LogP contribution is 2.26. The molecule has 6 nitrogen and oxygen atoms in total. The van der Waals surface area contributed by atoms with Gasteiger partial charge in [0.15, 0.2) is 0 Å². The van der Waals surface area contributed by atoms with Crippen LogP contribution >= 0.6 is 0 Å². The quantitative estimate of drug-likeness (QED) is 0.296. The third-order valence-corrected chi connectivity index (χ3v) is 4.83. The number of unbranched alkanes of at least 4 members (excludes halogenated alkanes) is 1. The number of benzene rings is 1. The Balaban J connectivity index is 1.71. The van der Waals surface area contributed by atoms with E-state index in [1.165, 1.54) is 24.3 Å². The summed E-state index contributed by atoms with van der Waals surface area (Å²) < 4.78 is 29.0. The average Bonchev–Trinajstić information content (AvgIpc) is 3.07. The first kappa shape index (κ1) is 25.0. The van der Waals surface area contributed by atoms with Gasteiger partial charge in [0, 0.05) is 12.3 Å².